The summed E-state index contributed by atoms with van der Waals surface area (Å²) in [5.41, 5.74) is -1.02. The Kier molecular flexibility index (Phi) is 5.55. The Morgan fingerprint density at radius 2 is 1.67 bits per heavy atom. The molecule has 0 aliphatic rings. The Morgan fingerprint density at radius 3 is 1.93 bits per heavy atom. The second-order valence-electron chi connectivity index (χ2n) is 3.81. The summed E-state index contributed by atoms with van der Waals surface area (Å²) >= 11 is 0. The fraction of sp³-hybridized carbons (Fsp3) is 1.00. The van der Waals surface area contributed by atoms with Gasteiger partial charge >= 0.3 is 6.18 Å². The number of rotatable bonds is 6. The third-order valence-electron chi connectivity index (χ3n) is 2.37. The van der Waals surface area contributed by atoms with Gasteiger partial charge < -0.3 is 15.5 Å². The first kappa shape index (κ1) is 14.7. The van der Waals surface area contributed by atoms with Crippen LogP contribution in [0.25, 0.3) is 0 Å². The number of hydrogen-bond acceptors (Lipinski definition) is 3. The monoisotopic (exact) mass is 229 g/mol. The standard InChI is InChI=1S/C9H18F3NO2/c1-3-8(5-14,6-15)13-7(2)4-9(10,11)12/h7,13-15H,3-6H2,1-2H3. The summed E-state index contributed by atoms with van der Waals surface area (Å²) in [6, 6.07) is -0.829. The van der Waals surface area contributed by atoms with Crippen molar-refractivity contribution in [2.45, 2.75) is 44.4 Å². The molecule has 0 heterocycles. The van der Waals surface area contributed by atoms with E-state index in [9.17, 15) is 13.2 Å². The van der Waals surface area contributed by atoms with E-state index in [1.807, 2.05) is 0 Å². The van der Waals surface area contributed by atoms with Crippen molar-refractivity contribution in [1.82, 2.24) is 5.32 Å². The molecule has 0 bridgehead atoms. The summed E-state index contributed by atoms with van der Waals surface area (Å²) in [7, 11) is 0. The van der Waals surface area contributed by atoms with E-state index in [1.54, 1.807) is 6.92 Å². The third-order valence-corrected chi connectivity index (χ3v) is 2.37. The topological polar surface area (TPSA) is 52.5 Å². The number of aliphatic hydroxyl groups excluding tert-OH is 2. The highest BCUT2D eigenvalue weighted by atomic mass is 19.4. The van der Waals surface area contributed by atoms with Gasteiger partial charge in [-0.2, -0.15) is 13.2 Å². The Morgan fingerprint density at radius 1 is 1.20 bits per heavy atom. The molecule has 0 amide bonds. The number of aliphatic hydroxyl groups is 2. The highest BCUT2D eigenvalue weighted by Gasteiger charge is 2.34. The number of halogens is 3. The van der Waals surface area contributed by atoms with Crippen LogP contribution < -0.4 is 5.32 Å². The van der Waals surface area contributed by atoms with Crippen LogP contribution in [0.2, 0.25) is 0 Å². The molecular formula is C9H18F3NO2. The van der Waals surface area contributed by atoms with Crippen LogP contribution in [0.3, 0.4) is 0 Å². The first-order valence-corrected chi connectivity index (χ1v) is 4.84. The number of alkyl halides is 3. The minimum Gasteiger partial charge on any atom is -0.394 e. The largest absolute Gasteiger partial charge is 0.394 e. The van der Waals surface area contributed by atoms with Crippen LogP contribution in [0.1, 0.15) is 26.7 Å². The van der Waals surface area contributed by atoms with Gasteiger partial charge in [0.25, 0.3) is 0 Å². The maximum atomic E-state index is 12.0. The highest BCUT2D eigenvalue weighted by Crippen LogP contribution is 2.22. The maximum Gasteiger partial charge on any atom is 0.390 e. The summed E-state index contributed by atoms with van der Waals surface area (Å²) in [4.78, 5) is 0. The number of nitrogens with one attached hydrogen (secondary N) is 1. The summed E-state index contributed by atoms with van der Waals surface area (Å²) in [5, 5.41) is 20.7. The first-order chi connectivity index (χ1) is 6.78. The average molecular weight is 229 g/mol. The average Bonchev–Trinajstić information content (AvgIpc) is 2.11. The quantitative estimate of drug-likeness (QED) is 0.638. The van der Waals surface area contributed by atoms with Crippen LogP contribution >= 0.6 is 0 Å². The molecule has 0 aliphatic carbocycles. The Bertz CT molecular complexity index is 172. The van der Waals surface area contributed by atoms with Gasteiger partial charge in [0.1, 0.15) is 0 Å². The van der Waals surface area contributed by atoms with Gasteiger partial charge in [-0.25, -0.2) is 0 Å². The normalized spacial score (nSPS) is 15.4. The van der Waals surface area contributed by atoms with Crippen molar-refractivity contribution in [2.75, 3.05) is 13.2 Å². The molecule has 0 saturated heterocycles. The molecule has 92 valence electrons. The maximum absolute atomic E-state index is 12.0. The zero-order valence-corrected chi connectivity index (χ0v) is 8.93. The molecule has 0 rings (SSSR count). The second-order valence-corrected chi connectivity index (χ2v) is 3.81. The first-order valence-electron chi connectivity index (χ1n) is 4.84. The fourth-order valence-electron chi connectivity index (χ4n) is 1.39. The van der Waals surface area contributed by atoms with E-state index >= 15 is 0 Å². The SMILES string of the molecule is CCC(CO)(CO)NC(C)CC(F)(F)F. The van der Waals surface area contributed by atoms with E-state index in [4.69, 9.17) is 10.2 Å². The van der Waals surface area contributed by atoms with Gasteiger partial charge in [0.2, 0.25) is 0 Å². The van der Waals surface area contributed by atoms with Gasteiger partial charge in [0, 0.05) is 6.04 Å². The molecule has 3 nitrogen and oxygen atoms in total. The predicted octanol–water partition coefficient (Wildman–Crippen LogP) is 1.05. The molecule has 0 saturated carbocycles. The zero-order chi connectivity index (χ0) is 12.1. The Hall–Kier alpha value is -0.330. The lowest BCUT2D eigenvalue weighted by atomic mass is 9.96. The van der Waals surface area contributed by atoms with Crippen molar-refractivity contribution in [2.24, 2.45) is 0 Å². The summed E-state index contributed by atoms with van der Waals surface area (Å²) in [6.07, 6.45) is -4.85. The summed E-state index contributed by atoms with van der Waals surface area (Å²) in [5.74, 6) is 0. The van der Waals surface area contributed by atoms with Gasteiger partial charge in [0.05, 0.1) is 25.2 Å². The molecule has 0 fully saturated rings. The van der Waals surface area contributed by atoms with Crippen LogP contribution in [-0.4, -0.2) is 41.2 Å². The molecule has 0 aromatic carbocycles. The minimum atomic E-state index is -4.24. The molecule has 15 heavy (non-hydrogen) atoms. The van der Waals surface area contributed by atoms with E-state index in [0.717, 1.165) is 0 Å². The summed E-state index contributed by atoms with van der Waals surface area (Å²) < 4.78 is 36.1. The molecule has 1 unspecified atom stereocenters. The smallest absolute Gasteiger partial charge is 0.390 e. The lowest BCUT2D eigenvalue weighted by Crippen LogP contribution is -2.55. The van der Waals surface area contributed by atoms with E-state index in [2.05, 4.69) is 5.32 Å². The molecule has 0 aliphatic heterocycles. The zero-order valence-electron chi connectivity index (χ0n) is 8.93. The van der Waals surface area contributed by atoms with E-state index < -0.39 is 24.2 Å². The predicted molar refractivity (Wildman–Crippen MR) is 50.5 cm³/mol. The van der Waals surface area contributed by atoms with E-state index in [1.165, 1.54) is 6.92 Å². The van der Waals surface area contributed by atoms with Gasteiger partial charge in [0.15, 0.2) is 0 Å². The molecule has 0 spiro atoms. The number of hydrogen-bond donors (Lipinski definition) is 3. The van der Waals surface area contributed by atoms with Crippen molar-refractivity contribution >= 4 is 0 Å². The molecule has 0 radical (unpaired) electrons. The van der Waals surface area contributed by atoms with Crippen molar-refractivity contribution < 1.29 is 23.4 Å². The second kappa shape index (κ2) is 5.67. The van der Waals surface area contributed by atoms with E-state index in [0.29, 0.717) is 6.42 Å². The van der Waals surface area contributed by atoms with Gasteiger partial charge in [-0.15, -0.1) is 0 Å². The van der Waals surface area contributed by atoms with Crippen molar-refractivity contribution in [3.8, 4) is 0 Å². The van der Waals surface area contributed by atoms with Gasteiger partial charge in [-0.05, 0) is 13.3 Å². The van der Waals surface area contributed by atoms with Gasteiger partial charge in [-0.3, -0.25) is 0 Å². The van der Waals surface area contributed by atoms with Crippen molar-refractivity contribution in [3.05, 3.63) is 0 Å². The minimum absolute atomic E-state index is 0.363. The molecule has 3 N–H and O–H groups in total. The van der Waals surface area contributed by atoms with Crippen molar-refractivity contribution in [1.29, 1.82) is 0 Å². The third kappa shape index (κ3) is 5.34. The van der Waals surface area contributed by atoms with Crippen LogP contribution in [0, 0.1) is 0 Å². The molecule has 0 aromatic heterocycles. The van der Waals surface area contributed by atoms with Crippen LogP contribution in [0.5, 0.6) is 0 Å². The van der Waals surface area contributed by atoms with Crippen LogP contribution in [-0.2, 0) is 0 Å². The van der Waals surface area contributed by atoms with E-state index in [-0.39, 0.29) is 13.2 Å². The molecular weight excluding hydrogens is 211 g/mol. The molecule has 6 heteroatoms. The Balaban J connectivity index is 4.29. The fourth-order valence-corrected chi connectivity index (χ4v) is 1.39. The lowest BCUT2D eigenvalue weighted by Gasteiger charge is -2.33. The highest BCUT2D eigenvalue weighted by molar-refractivity contribution is 4.88. The van der Waals surface area contributed by atoms with Crippen molar-refractivity contribution in [3.63, 3.8) is 0 Å². The lowest BCUT2D eigenvalue weighted by molar-refractivity contribution is -0.141. The molecule has 1 atom stereocenters. The summed E-state index contributed by atoms with van der Waals surface area (Å²) in [6.45, 7) is 2.30. The Labute approximate surface area is 87.3 Å². The van der Waals surface area contributed by atoms with Gasteiger partial charge in [-0.1, -0.05) is 6.92 Å². The molecule has 0 aromatic rings. The van der Waals surface area contributed by atoms with Crippen LogP contribution in [0.15, 0.2) is 0 Å². The van der Waals surface area contributed by atoms with Crippen LogP contribution in [0.4, 0.5) is 13.2 Å².